The van der Waals surface area contributed by atoms with Gasteiger partial charge in [-0.3, -0.25) is 4.79 Å². The molecule has 2 aromatic rings. The number of amides is 1. The molecule has 2 aromatic carbocycles. The second-order valence-electron chi connectivity index (χ2n) is 8.49. The van der Waals surface area contributed by atoms with E-state index >= 15 is 0 Å². The molecule has 3 aliphatic rings. The van der Waals surface area contributed by atoms with Crippen LogP contribution in [0.3, 0.4) is 0 Å². The molecule has 0 bridgehead atoms. The number of benzene rings is 2. The maximum atomic E-state index is 12.8. The quantitative estimate of drug-likeness (QED) is 0.707. The number of aryl methyl sites for hydroxylation is 1. The number of esters is 1. The van der Waals surface area contributed by atoms with Gasteiger partial charge < -0.3 is 19.5 Å². The number of fused-ring (bicyclic) bond motifs is 1. The van der Waals surface area contributed by atoms with Crippen LogP contribution in [-0.2, 0) is 16.1 Å². The first-order valence-electron chi connectivity index (χ1n) is 10.5. The number of carbonyl (C=O) groups is 2. The van der Waals surface area contributed by atoms with E-state index in [0.717, 1.165) is 35.1 Å². The molecule has 1 heterocycles. The molecule has 0 spiro atoms. The second kappa shape index (κ2) is 7.04. The summed E-state index contributed by atoms with van der Waals surface area (Å²) in [5.74, 6) is 1.34. The molecule has 2 saturated carbocycles. The first-order chi connectivity index (χ1) is 14.5. The number of ether oxygens (including phenoxy) is 3. The fourth-order valence-electron chi connectivity index (χ4n) is 3.91. The fraction of sp³-hybridized carbons (Fsp3) is 0.417. The average Bonchev–Trinajstić information content (AvgIpc) is 3.67. The van der Waals surface area contributed by atoms with E-state index in [2.05, 4.69) is 5.32 Å². The zero-order valence-electron chi connectivity index (χ0n) is 17.2. The van der Waals surface area contributed by atoms with Crippen LogP contribution in [0.5, 0.6) is 11.5 Å². The summed E-state index contributed by atoms with van der Waals surface area (Å²) in [5.41, 5.74) is 3.40. The summed E-state index contributed by atoms with van der Waals surface area (Å²) in [4.78, 5) is 24.7. The summed E-state index contributed by atoms with van der Waals surface area (Å²) in [6.45, 7) is 2.94. The van der Waals surface area contributed by atoms with Crippen LogP contribution >= 0.6 is 0 Å². The molecule has 5 rings (SSSR count). The van der Waals surface area contributed by atoms with Gasteiger partial charge in [0, 0.05) is 30.5 Å². The Morgan fingerprint density at radius 1 is 1.13 bits per heavy atom. The molecule has 2 fully saturated rings. The molecular formula is C24H25NO5. The lowest BCUT2D eigenvalue weighted by Crippen LogP contribution is -2.32. The van der Waals surface area contributed by atoms with E-state index in [1.54, 1.807) is 7.11 Å². The third-order valence-electron chi connectivity index (χ3n) is 6.13. The smallest absolute Gasteiger partial charge is 0.350 e. The summed E-state index contributed by atoms with van der Waals surface area (Å²) >= 11 is 0. The molecular weight excluding hydrogens is 382 g/mol. The fourth-order valence-corrected chi connectivity index (χ4v) is 3.91. The van der Waals surface area contributed by atoms with Crippen LogP contribution < -0.4 is 14.8 Å². The highest BCUT2D eigenvalue weighted by Crippen LogP contribution is 2.49. The van der Waals surface area contributed by atoms with Gasteiger partial charge in [0.25, 0.3) is 5.91 Å². The number of nitrogens with one attached hydrogen (secondary N) is 1. The van der Waals surface area contributed by atoms with E-state index in [4.69, 9.17) is 14.2 Å². The van der Waals surface area contributed by atoms with Crippen molar-refractivity contribution in [1.82, 2.24) is 5.32 Å². The molecule has 1 aliphatic heterocycles. The summed E-state index contributed by atoms with van der Waals surface area (Å²) in [6.07, 6.45) is 3.53. The first kappa shape index (κ1) is 19.0. The van der Waals surface area contributed by atoms with Crippen LogP contribution in [0, 0.1) is 12.8 Å². The maximum Gasteiger partial charge on any atom is 0.350 e. The van der Waals surface area contributed by atoms with Crippen molar-refractivity contribution in [2.75, 3.05) is 13.7 Å². The normalized spacial score (nSPS) is 18.4. The molecule has 6 heteroatoms. The van der Waals surface area contributed by atoms with Crippen molar-refractivity contribution in [3.63, 3.8) is 0 Å². The maximum absolute atomic E-state index is 12.8. The van der Waals surface area contributed by atoms with Crippen LogP contribution in [0.4, 0.5) is 0 Å². The predicted octanol–water partition coefficient (Wildman–Crippen LogP) is 3.78. The Hall–Kier alpha value is -3.02. The van der Waals surface area contributed by atoms with E-state index in [1.807, 2.05) is 37.3 Å². The second-order valence-corrected chi connectivity index (χ2v) is 8.49. The van der Waals surface area contributed by atoms with E-state index in [9.17, 15) is 9.59 Å². The first-order valence-corrected chi connectivity index (χ1v) is 10.5. The van der Waals surface area contributed by atoms with Crippen LogP contribution in [0.15, 0.2) is 30.3 Å². The van der Waals surface area contributed by atoms with Crippen molar-refractivity contribution in [2.24, 2.45) is 5.92 Å². The van der Waals surface area contributed by atoms with Crippen molar-refractivity contribution < 1.29 is 23.8 Å². The minimum Gasteiger partial charge on any atom is -0.493 e. The molecule has 0 atom stereocenters. The van der Waals surface area contributed by atoms with Gasteiger partial charge in [-0.2, -0.15) is 0 Å². The van der Waals surface area contributed by atoms with Crippen LogP contribution in [0.1, 0.15) is 47.2 Å². The zero-order valence-corrected chi connectivity index (χ0v) is 17.2. The number of rotatable bonds is 7. The Morgan fingerprint density at radius 2 is 1.90 bits per heavy atom. The van der Waals surface area contributed by atoms with Crippen molar-refractivity contribution in [3.8, 4) is 22.6 Å². The van der Waals surface area contributed by atoms with Crippen molar-refractivity contribution in [2.45, 2.75) is 44.8 Å². The Balaban J connectivity index is 1.50. The molecule has 30 heavy (non-hydrogen) atoms. The summed E-state index contributed by atoms with van der Waals surface area (Å²) in [7, 11) is 1.61. The summed E-state index contributed by atoms with van der Waals surface area (Å²) in [6, 6.07) is 9.69. The number of carbonyl (C=O) groups excluding carboxylic acids is 2. The van der Waals surface area contributed by atoms with E-state index in [1.165, 1.54) is 0 Å². The summed E-state index contributed by atoms with van der Waals surface area (Å²) in [5, 5.41) is 2.85. The minimum atomic E-state index is -0.932. The lowest BCUT2D eigenvalue weighted by Gasteiger charge is -2.22. The topological polar surface area (TPSA) is 73.9 Å². The highest BCUT2D eigenvalue weighted by molar-refractivity contribution is 5.99. The van der Waals surface area contributed by atoms with Crippen molar-refractivity contribution in [3.05, 3.63) is 47.0 Å². The third kappa shape index (κ3) is 3.30. The van der Waals surface area contributed by atoms with Gasteiger partial charge in [0.05, 0.1) is 13.7 Å². The van der Waals surface area contributed by atoms with Gasteiger partial charge in [-0.05, 0) is 54.5 Å². The highest BCUT2D eigenvalue weighted by Gasteiger charge is 2.55. The molecule has 0 aromatic heterocycles. The molecule has 0 radical (unpaired) electrons. The Bertz CT molecular complexity index is 1040. The predicted molar refractivity (Wildman–Crippen MR) is 111 cm³/mol. The number of hydrogen-bond donors (Lipinski definition) is 1. The minimum absolute atomic E-state index is 0.0511. The van der Waals surface area contributed by atoms with E-state index in [-0.39, 0.29) is 11.9 Å². The van der Waals surface area contributed by atoms with Gasteiger partial charge in [0.1, 0.15) is 0 Å². The van der Waals surface area contributed by atoms with Crippen molar-refractivity contribution >= 4 is 11.9 Å². The van der Waals surface area contributed by atoms with Crippen molar-refractivity contribution in [1.29, 1.82) is 0 Å². The summed E-state index contributed by atoms with van der Waals surface area (Å²) < 4.78 is 17.6. The molecule has 2 aliphatic carbocycles. The Morgan fingerprint density at radius 3 is 2.60 bits per heavy atom. The number of hydrogen-bond acceptors (Lipinski definition) is 5. The van der Waals surface area contributed by atoms with Crippen LogP contribution in [-0.4, -0.2) is 31.2 Å². The van der Waals surface area contributed by atoms with E-state index < -0.39 is 5.60 Å². The lowest BCUT2D eigenvalue weighted by molar-refractivity contribution is -0.154. The molecule has 6 nitrogen and oxygen atoms in total. The molecule has 1 N–H and O–H groups in total. The Labute approximate surface area is 175 Å². The van der Waals surface area contributed by atoms with E-state index in [0.29, 0.717) is 49.0 Å². The largest absolute Gasteiger partial charge is 0.493 e. The Kier molecular flexibility index (Phi) is 4.45. The molecule has 1 amide bonds. The van der Waals surface area contributed by atoms with Gasteiger partial charge in [-0.25, -0.2) is 4.79 Å². The van der Waals surface area contributed by atoms with Gasteiger partial charge in [-0.15, -0.1) is 0 Å². The van der Waals surface area contributed by atoms with Gasteiger partial charge in [-0.1, -0.05) is 18.2 Å². The van der Waals surface area contributed by atoms with Gasteiger partial charge in [0.15, 0.2) is 11.5 Å². The van der Waals surface area contributed by atoms with Gasteiger partial charge in [0.2, 0.25) is 5.60 Å². The SMILES string of the molecule is COc1c(C)ccc(-c2ccc3c(c2)CNC3=O)c1OC1(C(=O)OCC2CC2)CC1. The average molecular weight is 407 g/mol. The van der Waals surface area contributed by atoms with Crippen LogP contribution in [0.25, 0.3) is 11.1 Å². The standard InChI is InChI=1S/C24H25NO5/c1-14-3-7-18(16-6-8-19-17(11-16)12-25-22(19)26)21(20(14)28-2)30-24(9-10-24)23(27)29-13-15-4-5-15/h3,6-8,11,15H,4-5,9-10,12-13H2,1-2H3,(H,25,26). The third-order valence-corrected chi connectivity index (χ3v) is 6.13. The van der Waals surface area contributed by atoms with Gasteiger partial charge >= 0.3 is 5.97 Å². The molecule has 156 valence electrons. The van der Waals surface area contributed by atoms with Crippen LogP contribution in [0.2, 0.25) is 0 Å². The highest BCUT2D eigenvalue weighted by atomic mass is 16.6. The zero-order chi connectivity index (χ0) is 20.9. The lowest BCUT2D eigenvalue weighted by atomic mass is 9.98. The number of methoxy groups -OCH3 is 1. The monoisotopic (exact) mass is 407 g/mol. The molecule has 0 saturated heterocycles. The molecule has 0 unspecified atom stereocenters.